The summed E-state index contributed by atoms with van der Waals surface area (Å²) in [5.41, 5.74) is 1.50. The highest BCUT2D eigenvalue weighted by atomic mass is 32.1. The Kier molecular flexibility index (Phi) is 3.09. The third kappa shape index (κ3) is 1.91. The van der Waals surface area contributed by atoms with Gasteiger partial charge in [0.1, 0.15) is 0 Å². The minimum Gasteiger partial charge on any atom is -0.478 e. The van der Waals surface area contributed by atoms with Gasteiger partial charge in [0.25, 0.3) is 0 Å². The normalized spacial score (nSPS) is 12.8. The van der Waals surface area contributed by atoms with Crippen molar-refractivity contribution >= 4 is 17.3 Å². The number of aryl methyl sites for hydroxylation is 1. The summed E-state index contributed by atoms with van der Waals surface area (Å²) in [6, 6.07) is 0. The lowest BCUT2D eigenvalue weighted by Gasteiger charge is -2.09. The van der Waals surface area contributed by atoms with E-state index in [1.807, 2.05) is 6.92 Å². The fraction of sp³-hybridized carbons (Fsp3) is 0.500. The van der Waals surface area contributed by atoms with Crippen LogP contribution < -0.4 is 0 Å². The predicted molar refractivity (Wildman–Crippen MR) is 54.7 cm³/mol. The number of aromatic carboxylic acids is 1. The molecule has 72 valence electrons. The smallest absolute Gasteiger partial charge is 0.336 e. The van der Waals surface area contributed by atoms with Crippen molar-refractivity contribution in [1.29, 1.82) is 0 Å². The van der Waals surface area contributed by atoms with Gasteiger partial charge < -0.3 is 5.11 Å². The Balaban J connectivity index is 3.15. The fourth-order valence-corrected chi connectivity index (χ4v) is 2.41. The Morgan fingerprint density at radius 2 is 2.31 bits per heavy atom. The van der Waals surface area contributed by atoms with Crippen LogP contribution in [0.2, 0.25) is 0 Å². The Morgan fingerprint density at radius 1 is 1.69 bits per heavy atom. The molecule has 0 aliphatic rings. The zero-order valence-corrected chi connectivity index (χ0v) is 8.94. The molecule has 1 aromatic heterocycles. The molecule has 0 aliphatic carbocycles. The van der Waals surface area contributed by atoms with Crippen LogP contribution >= 0.6 is 11.3 Å². The molecular formula is C10H14O2S. The second kappa shape index (κ2) is 3.92. The monoisotopic (exact) mass is 198 g/mol. The summed E-state index contributed by atoms with van der Waals surface area (Å²) < 4.78 is 0. The van der Waals surface area contributed by atoms with E-state index in [1.165, 1.54) is 11.3 Å². The molecule has 0 saturated carbocycles. The van der Waals surface area contributed by atoms with E-state index in [0.717, 1.165) is 16.9 Å². The maximum atomic E-state index is 10.9. The van der Waals surface area contributed by atoms with Crippen molar-refractivity contribution in [2.24, 2.45) is 0 Å². The van der Waals surface area contributed by atoms with Gasteiger partial charge in [-0.1, -0.05) is 13.8 Å². The van der Waals surface area contributed by atoms with Gasteiger partial charge in [0, 0.05) is 10.3 Å². The molecule has 1 unspecified atom stereocenters. The lowest BCUT2D eigenvalue weighted by molar-refractivity contribution is 0.0695. The van der Waals surface area contributed by atoms with Crippen LogP contribution in [0.5, 0.6) is 0 Å². The van der Waals surface area contributed by atoms with Crippen molar-refractivity contribution < 1.29 is 9.90 Å². The summed E-state index contributed by atoms with van der Waals surface area (Å²) >= 11 is 1.52. The molecule has 0 aliphatic heterocycles. The molecule has 1 atom stereocenters. The minimum absolute atomic E-state index is 0.345. The van der Waals surface area contributed by atoms with E-state index in [2.05, 4.69) is 13.8 Å². The van der Waals surface area contributed by atoms with Crippen LogP contribution in [0.4, 0.5) is 0 Å². The molecule has 3 heteroatoms. The van der Waals surface area contributed by atoms with Crippen LogP contribution in [0.15, 0.2) is 5.38 Å². The molecule has 1 N–H and O–H groups in total. The van der Waals surface area contributed by atoms with Crippen molar-refractivity contribution in [2.45, 2.75) is 33.1 Å². The highest BCUT2D eigenvalue weighted by Crippen LogP contribution is 2.30. The van der Waals surface area contributed by atoms with Gasteiger partial charge in [-0.3, -0.25) is 0 Å². The van der Waals surface area contributed by atoms with Crippen LogP contribution in [0.3, 0.4) is 0 Å². The standard InChI is InChI=1S/C10H14O2S/c1-4-6(2)9-7(3)13-5-8(9)10(11)12/h5-6H,4H2,1-3H3,(H,11,12). The number of carboxylic acids is 1. The van der Waals surface area contributed by atoms with Crippen LogP contribution in [-0.2, 0) is 0 Å². The molecule has 0 amide bonds. The number of thiophene rings is 1. The second-order valence-electron chi connectivity index (χ2n) is 3.23. The van der Waals surface area contributed by atoms with E-state index in [1.54, 1.807) is 5.38 Å². The second-order valence-corrected chi connectivity index (χ2v) is 4.32. The van der Waals surface area contributed by atoms with Gasteiger partial charge in [0.2, 0.25) is 0 Å². The van der Waals surface area contributed by atoms with Crippen LogP contribution in [0.25, 0.3) is 0 Å². The zero-order chi connectivity index (χ0) is 10.0. The fourth-order valence-electron chi connectivity index (χ4n) is 1.45. The van der Waals surface area contributed by atoms with Gasteiger partial charge in [0.05, 0.1) is 5.56 Å². The van der Waals surface area contributed by atoms with Crippen molar-refractivity contribution in [2.75, 3.05) is 0 Å². The highest BCUT2D eigenvalue weighted by Gasteiger charge is 2.18. The molecule has 0 fully saturated rings. The quantitative estimate of drug-likeness (QED) is 0.809. The van der Waals surface area contributed by atoms with Gasteiger partial charge in [-0.2, -0.15) is 0 Å². The van der Waals surface area contributed by atoms with Gasteiger partial charge >= 0.3 is 5.97 Å². The van der Waals surface area contributed by atoms with E-state index in [4.69, 9.17) is 5.11 Å². The average molecular weight is 198 g/mol. The first-order valence-corrected chi connectivity index (χ1v) is 5.27. The Labute approximate surface area is 82.2 Å². The lowest BCUT2D eigenvalue weighted by Crippen LogP contribution is -2.02. The van der Waals surface area contributed by atoms with E-state index in [-0.39, 0.29) is 0 Å². The number of carboxylic acid groups (broad SMARTS) is 1. The summed E-state index contributed by atoms with van der Waals surface area (Å²) in [6.07, 6.45) is 0.984. The number of hydrogen-bond donors (Lipinski definition) is 1. The van der Waals surface area contributed by atoms with Gasteiger partial charge in [-0.15, -0.1) is 11.3 Å². The Bertz CT molecular complexity index is 315. The average Bonchev–Trinajstić information content (AvgIpc) is 2.46. The summed E-state index contributed by atoms with van der Waals surface area (Å²) in [5, 5.41) is 10.7. The topological polar surface area (TPSA) is 37.3 Å². The first-order valence-electron chi connectivity index (χ1n) is 4.39. The first-order chi connectivity index (χ1) is 6.07. The van der Waals surface area contributed by atoms with E-state index in [9.17, 15) is 4.79 Å². The number of carbonyl (C=O) groups is 1. The molecule has 0 saturated heterocycles. The highest BCUT2D eigenvalue weighted by molar-refractivity contribution is 7.10. The van der Waals surface area contributed by atoms with Gasteiger partial charge in [0.15, 0.2) is 0 Å². The maximum Gasteiger partial charge on any atom is 0.336 e. The summed E-state index contributed by atoms with van der Waals surface area (Å²) in [5.74, 6) is -0.461. The summed E-state index contributed by atoms with van der Waals surface area (Å²) in [6.45, 7) is 6.13. The first kappa shape index (κ1) is 10.3. The molecule has 0 radical (unpaired) electrons. The predicted octanol–water partition coefficient (Wildman–Crippen LogP) is 3.27. The van der Waals surface area contributed by atoms with Crippen molar-refractivity contribution in [3.63, 3.8) is 0 Å². The van der Waals surface area contributed by atoms with Crippen molar-refractivity contribution in [3.05, 3.63) is 21.4 Å². The van der Waals surface area contributed by atoms with E-state index < -0.39 is 5.97 Å². The third-order valence-electron chi connectivity index (χ3n) is 2.36. The van der Waals surface area contributed by atoms with Crippen LogP contribution in [0.1, 0.15) is 47.0 Å². The third-order valence-corrected chi connectivity index (χ3v) is 3.29. The van der Waals surface area contributed by atoms with Crippen molar-refractivity contribution in [1.82, 2.24) is 0 Å². The van der Waals surface area contributed by atoms with Gasteiger partial charge in [-0.05, 0) is 24.8 Å². The molecule has 0 bridgehead atoms. The van der Waals surface area contributed by atoms with Crippen LogP contribution in [-0.4, -0.2) is 11.1 Å². The molecule has 1 rings (SSSR count). The molecule has 0 aromatic carbocycles. The Morgan fingerprint density at radius 3 is 2.77 bits per heavy atom. The van der Waals surface area contributed by atoms with E-state index >= 15 is 0 Å². The zero-order valence-electron chi connectivity index (χ0n) is 8.13. The lowest BCUT2D eigenvalue weighted by atomic mass is 9.95. The maximum absolute atomic E-state index is 10.9. The molecule has 13 heavy (non-hydrogen) atoms. The molecule has 2 nitrogen and oxygen atoms in total. The van der Waals surface area contributed by atoms with Gasteiger partial charge in [-0.25, -0.2) is 4.79 Å². The Hall–Kier alpha value is -0.830. The molecular weight excluding hydrogens is 184 g/mol. The van der Waals surface area contributed by atoms with E-state index in [0.29, 0.717) is 11.5 Å². The molecule has 1 aromatic rings. The molecule has 0 spiro atoms. The number of rotatable bonds is 3. The van der Waals surface area contributed by atoms with Crippen LogP contribution in [0, 0.1) is 6.92 Å². The minimum atomic E-state index is -0.806. The number of hydrogen-bond acceptors (Lipinski definition) is 2. The summed E-state index contributed by atoms with van der Waals surface area (Å²) in [7, 11) is 0. The molecule has 1 heterocycles. The van der Waals surface area contributed by atoms with Crippen molar-refractivity contribution in [3.8, 4) is 0 Å². The SMILES string of the molecule is CCC(C)c1c(C(=O)O)csc1C. The largest absolute Gasteiger partial charge is 0.478 e. The summed E-state index contributed by atoms with van der Waals surface area (Å²) in [4.78, 5) is 12.0.